The lowest BCUT2D eigenvalue weighted by Gasteiger charge is -2.25. The molecule has 0 aliphatic carbocycles. The summed E-state index contributed by atoms with van der Waals surface area (Å²) in [5.74, 6) is 0. The van der Waals surface area contributed by atoms with Gasteiger partial charge in [0.2, 0.25) is 0 Å². The van der Waals surface area contributed by atoms with Crippen LogP contribution in [0, 0.1) is 6.92 Å². The van der Waals surface area contributed by atoms with E-state index in [9.17, 15) is 9.59 Å². The number of fused-ring (bicyclic) bond motifs is 3. The van der Waals surface area contributed by atoms with Crippen molar-refractivity contribution in [2.45, 2.75) is 45.7 Å². The zero-order valence-corrected chi connectivity index (χ0v) is 15.2. The molecular formula is C20H24N4O2. The SMILES string of the molecule is CCCCn1c(=O)[nH]c(C)c(C2NCCc3c2[nH]c2ccccc32)c1=O. The lowest BCUT2D eigenvalue weighted by Crippen LogP contribution is -2.42. The Morgan fingerprint density at radius 3 is 2.81 bits per heavy atom. The van der Waals surface area contributed by atoms with Crippen molar-refractivity contribution in [3.8, 4) is 0 Å². The van der Waals surface area contributed by atoms with E-state index in [1.807, 2.05) is 19.1 Å². The van der Waals surface area contributed by atoms with E-state index >= 15 is 0 Å². The standard InChI is InChI=1S/C20H24N4O2/c1-3-4-11-24-19(25)16(12(2)22-20(24)26)18-17-14(9-10-21-18)13-7-5-6-8-15(13)23-17/h5-8,18,21,23H,3-4,9-11H2,1-2H3,(H,22,26). The molecule has 3 N–H and O–H groups in total. The van der Waals surface area contributed by atoms with Crippen LogP contribution >= 0.6 is 0 Å². The Hall–Kier alpha value is -2.60. The first-order valence-corrected chi connectivity index (χ1v) is 9.28. The molecule has 1 aliphatic rings. The maximum atomic E-state index is 13.1. The Kier molecular flexibility index (Phi) is 4.28. The van der Waals surface area contributed by atoms with Crippen LogP contribution in [0.3, 0.4) is 0 Å². The smallest absolute Gasteiger partial charge is 0.328 e. The van der Waals surface area contributed by atoms with Crippen molar-refractivity contribution in [3.05, 3.63) is 67.6 Å². The molecule has 1 aromatic carbocycles. The highest BCUT2D eigenvalue weighted by Crippen LogP contribution is 2.32. The van der Waals surface area contributed by atoms with Gasteiger partial charge in [0.1, 0.15) is 0 Å². The molecule has 2 aromatic heterocycles. The lowest BCUT2D eigenvalue weighted by atomic mass is 9.94. The third kappa shape index (κ3) is 2.61. The number of para-hydroxylation sites is 1. The molecule has 1 aliphatic heterocycles. The van der Waals surface area contributed by atoms with Crippen molar-refractivity contribution in [1.82, 2.24) is 19.9 Å². The predicted molar refractivity (Wildman–Crippen MR) is 103 cm³/mol. The topological polar surface area (TPSA) is 82.7 Å². The third-order valence-corrected chi connectivity index (χ3v) is 5.30. The zero-order chi connectivity index (χ0) is 18.3. The van der Waals surface area contributed by atoms with Crippen LogP contribution in [0.1, 0.15) is 48.3 Å². The van der Waals surface area contributed by atoms with Gasteiger partial charge in [-0.05, 0) is 31.4 Å². The second kappa shape index (κ2) is 6.61. The fourth-order valence-corrected chi connectivity index (χ4v) is 3.98. The summed E-state index contributed by atoms with van der Waals surface area (Å²) in [6, 6.07) is 7.99. The molecule has 0 radical (unpaired) electrons. The number of H-pyrrole nitrogens is 2. The van der Waals surface area contributed by atoms with E-state index in [1.165, 1.54) is 15.5 Å². The largest absolute Gasteiger partial charge is 0.357 e. The van der Waals surface area contributed by atoms with Crippen LogP contribution in [-0.2, 0) is 13.0 Å². The van der Waals surface area contributed by atoms with E-state index in [-0.39, 0.29) is 17.3 Å². The molecule has 3 heterocycles. The summed E-state index contributed by atoms with van der Waals surface area (Å²) in [5, 5.41) is 4.68. The van der Waals surface area contributed by atoms with Crippen LogP contribution in [-0.4, -0.2) is 21.1 Å². The number of nitrogens with zero attached hydrogens (tertiary/aromatic N) is 1. The molecule has 3 aromatic rings. The Morgan fingerprint density at radius 2 is 2.00 bits per heavy atom. The minimum absolute atomic E-state index is 0.191. The molecule has 0 amide bonds. The minimum atomic E-state index is -0.322. The van der Waals surface area contributed by atoms with Crippen LogP contribution in [0.4, 0.5) is 0 Å². The maximum absolute atomic E-state index is 13.1. The number of aryl methyl sites for hydroxylation is 1. The number of unbranched alkanes of at least 4 members (excludes halogenated alkanes) is 1. The molecule has 0 saturated carbocycles. The van der Waals surface area contributed by atoms with Gasteiger partial charge in [-0.1, -0.05) is 31.5 Å². The molecule has 1 unspecified atom stereocenters. The van der Waals surface area contributed by atoms with E-state index < -0.39 is 0 Å². The average molecular weight is 352 g/mol. The van der Waals surface area contributed by atoms with Crippen molar-refractivity contribution >= 4 is 10.9 Å². The Bertz CT molecular complexity index is 1070. The van der Waals surface area contributed by atoms with Crippen molar-refractivity contribution in [2.75, 3.05) is 6.54 Å². The second-order valence-corrected chi connectivity index (χ2v) is 6.98. The van der Waals surface area contributed by atoms with Gasteiger partial charge >= 0.3 is 5.69 Å². The van der Waals surface area contributed by atoms with E-state index in [1.54, 1.807) is 6.92 Å². The molecule has 6 nitrogen and oxygen atoms in total. The highest BCUT2D eigenvalue weighted by Gasteiger charge is 2.29. The lowest BCUT2D eigenvalue weighted by molar-refractivity contribution is 0.524. The molecule has 26 heavy (non-hydrogen) atoms. The van der Waals surface area contributed by atoms with E-state index in [0.29, 0.717) is 17.8 Å². The van der Waals surface area contributed by atoms with Gasteiger partial charge in [0, 0.05) is 35.4 Å². The highest BCUT2D eigenvalue weighted by atomic mass is 16.2. The van der Waals surface area contributed by atoms with Crippen LogP contribution in [0.2, 0.25) is 0 Å². The first-order valence-electron chi connectivity index (χ1n) is 9.28. The normalized spacial score (nSPS) is 16.8. The summed E-state index contributed by atoms with van der Waals surface area (Å²) in [5.41, 5.74) is 4.13. The van der Waals surface area contributed by atoms with Gasteiger partial charge in [0.05, 0.1) is 11.6 Å². The zero-order valence-electron chi connectivity index (χ0n) is 15.2. The Morgan fingerprint density at radius 1 is 1.19 bits per heavy atom. The predicted octanol–water partition coefficient (Wildman–Crippen LogP) is 2.36. The van der Waals surface area contributed by atoms with Gasteiger partial charge in [-0.15, -0.1) is 0 Å². The first-order chi connectivity index (χ1) is 12.6. The summed E-state index contributed by atoms with van der Waals surface area (Å²) < 4.78 is 1.34. The molecule has 6 heteroatoms. The van der Waals surface area contributed by atoms with E-state index in [4.69, 9.17) is 0 Å². The number of rotatable bonds is 4. The second-order valence-electron chi connectivity index (χ2n) is 6.98. The Labute approximate surface area is 151 Å². The van der Waals surface area contributed by atoms with Crippen LogP contribution in [0.15, 0.2) is 33.9 Å². The number of aromatic amines is 2. The number of aromatic nitrogens is 3. The van der Waals surface area contributed by atoms with Crippen LogP contribution < -0.4 is 16.6 Å². The van der Waals surface area contributed by atoms with Crippen LogP contribution in [0.25, 0.3) is 10.9 Å². The quantitative estimate of drug-likeness (QED) is 0.674. The maximum Gasteiger partial charge on any atom is 0.328 e. The monoisotopic (exact) mass is 352 g/mol. The fourth-order valence-electron chi connectivity index (χ4n) is 3.98. The average Bonchev–Trinajstić information content (AvgIpc) is 3.01. The number of benzene rings is 1. The van der Waals surface area contributed by atoms with Gasteiger partial charge in [0.25, 0.3) is 5.56 Å². The van der Waals surface area contributed by atoms with Gasteiger partial charge in [-0.3, -0.25) is 9.36 Å². The van der Waals surface area contributed by atoms with Crippen molar-refractivity contribution in [1.29, 1.82) is 0 Å². The van der Waals surface area contributed by atoms with Crippen molar-refractivity contribution < 1.29 is 0 Å². The Balaban J connectivity index is 1.90. The number of nitrogens with one attached hydrogen (secondary N) is 3. The molecule has 0 spiro atoms. The molecule has 4 rings (SSSR count). The minimum Gasteiger partial charge on any atom is -0.357 e. The highest BCUT2D eigenvalue weighted by molar-refractivity contribution is 5.85. The summed E-state index contributed by atoms with van der Waals surface area (Å²) in [6.45, 7) is 5.10. The fraction of sp³-hybridized carbons (Fsp3) is 0.400. The van der Waals surface area contributed by atoms with Gasteiger partial charge in [-0.25, -0.2) is 4.79 Å². The molecule has 0 saturated heterocycles. The molecule has 0 bridgehead atoms. The van der Waals surface area contributed by atoms with E-state index in [2.05, 4.69) is 27.4 Å². The third-order valence-electron chi connectivity index (χ3n) is 5.30. The number of hydrogen-bond donors (Lipinski definition) is 3. The van der Waals surface area contributed by atoms with Gasteiger partial charge in [-0.2, -0.15) is 0 Å². The molecule has 136 valence electrons. The molecular weight excluding hydrogens is 328 g/mol. The number of hydrogen-bond acceptors (Lipinski definition) is 3. The van der Waals surface area contributed by atoms with Crippen molar-refractivity contribution in [2.24, 2.45) is 0 Å². The summed E-state index contributed by atoms with van der Waals surface area (Å²) in [6.07, 6.45) is 2.66. The molecule has 0 fully saturated rings. The molecule has 1 atom stereocenters. The summed E-state index contributed by atoms with van der Waals surface area (Å²) in [4.78, 5) is 31.8. The van der Waals surface area contributed by atoms with Crippen LogP contribution in [0.5, 0.6) is 0 Å². The van der Waals surface area contributed by atoms with E-state index in [0.717, 1.165) is 37.0 Å². The van der Waals surface area contributed by atoms with Crippen molar-refractivity contribution in [3.63, 3.8) is 0 Å². The van der Waals surface area contributed by atoms with Gasteiger partial charge in [0.15, 0.2) is 0 Å². The summed E-state index contributed by atoms with van der Waals surface area (Å²) in [7, 11) is 0. The first kappa shape index (κ1) is 16.8. The van der Waals surface area contributed by atoms with Gasteiger partial charge < -0.3 is 15.3 Å². The summed E-state index contributed by atoms with van der Waals surface area (Å²) >= 11 is 0.